The van der Waals surface area contributed by atoms with Gasteiger partial charge in [-0.3, -0.25) is 19.8 Å². The first-order valence-electron chi connectivity index (χ1n) is 9.78. The maximum Gasteiger partial charge on any atom is 0.331 e. The van der Waals surface area contributed by atoms with Gasteiger partial charge in [-0.25, -0.2) is 4.79 Å². The molecule has 2 fully saturated rings. The molecule has 4 amide bonds. The maximum atomic E-state index is 13.0. The molecule has 7 heteroatoms. The molecule has 3 rings (SSSR count). The van der Waals surface area contributed by atoms with Crippen LogP contribution in [0.5, 0.6) is 11.5 Å². The molecule has 0 unspecified atom stereocenters. The van der Waals surface area contributed by atoms with E-state index in [-0.39, 0.29) is 18.2 Å². The first-order valence-corrected chi connectivity index (χ1v) is 9.78. The van der Waals surface area contributed by atoms with Gasteiger partial charge in [0.15, 0.2) is 11.5 Å². The molecule has 1 aliphatic carbocycles. The summed E-state index contributed by atoms with van der Waals surface area (Å²) in [7, 11) is 0. The zero-order chi connectivity index (χ0) is 20.8. The molecule has 1 aromatic carbocycles. The Morgan fingerprint density at radius 1 is 1.17 bits per heavy atom. The van der Waals surface area contributed by atoms with Crippen molar-refractivity contribution < 1.29 is 23.9 Å². The highest BCUT2D eigenvalue weighted by Crippen LogP contribution is 2.30. The van der Waals surface area contributed by atoms with Crippen LogP contribution in [0.3, 0.4) is 0 Å². The quantitative estimate of drug-likeness (QED) is 0.454. The van der Waals surface area contributed by atoms with Crippen molar-refractivity contribution in [3.8, 4) is 23.8 Å². The highest BCUT2D eigenvalue weighted by Gasteiger charge is 2.40. The first kappa shape index (κ1) is 20.5. The fraction of sp³-hybridized carbons (Fsp3) is 0.409. The Bertz CT molecular complexity index is 878. The van der Waals surface area contributed by atoms with E-state index in [1.807, 2.05) is 6.92 Å². The van der Waals surface area contributed by atoms with Gasteiger partial charge in [0.1, 0.15) is 12.2 Å². The number of nitrogens with one attached hydrogen (secondary N) is 1. The molecule has 152 valence electrons. The number of amides is 4. The molecular weight excluding hydrogens is 372 g/mol. The molecule has 0 atom stereocenters. The van der Waals surface area contributed by atoms with Crippen LogP contribution in [0.2, 0.25) is 0 Å². The van der Waals surface area contributed by atoms with Gasteiger partial charge in [0, 0.05) is 6.04 Å². The minimum atomic E-state index is -0.697. The van der Waals surface area contributed by atoms with Gasteiger partial charge in [0.05, 0.1) is 6.61 Å². The SMILES string of the molecule is C#CCOc1ccc(C=C2C(=O)NC(=O)N(C3CCCCC3)C2=O)cc1OCC. The predicted molar refractivity (Wildman–Crippen MR) is 107 cm³/mol. The van der Waals surface area contributed by atoms with Crippen LogP contribution in [0.1, 0.15) is 44.6 Å². The monoisotopic (exact) mass is 396 g/mol. The third kappa shape index (κ3) is 4.60. The van der Waals surface area contributed by atoms with Crippen LogP contribution in [-0.2, 0) is 9.59 Å². The fourth-order valence-electron chi connectivity index (χ4n) is 3.63. The van der Waals surface area contributed by atoms with Gasteiger partial charge in [0.2, 0.25) is 0 Å². The number of urea groups is 1. The number of benzene rings is 1. The molecule has 7 nitrogen and oxygen atoms in total. The van der Waals surface area contributed by atoms with Crippen LogP contribution < -0.4 is 14.8 Å². The van der Waals surface area contributed by atoms with Crippen molar-refractivity contribution in [1.29, 1.82) is 0 Å². The van der Waals surface area contributed by atoms with Crippen molar-refractivity contribution in [3.63, 3.8) is 0 Å². The lowest BCUT2D eigenvalue weighted by molar-refractivity contribution is -0.132. The Morgan fingerprint density at radius 3 is 2.62 bits per heavy atom. The number of terminal acetylenes is 1. The normalized spacial score (nSPS) is 19.1. The summed E-state index contributed by atoms with van der Waals surface area (Å²) in [5.74, 6) is 2.07. The van der Waals surface area contributed by atoms with Crippen molar-refractivity contribution in [2.24, 2.45) is 0 Å². The molecule has 2 aliphatic rings. The number of hydrogen-bond acceptors (Lipinski definition) is 5. The zero-order valence-corrected chi connectivity index (χ0v) is 16.4. The smallest absolute Gasteiger partial charge is 0.331 e. The van der Waals surface area contributed by atoms with Gasteiger partial charge in [-0.1, -0.05) is 31.2 Å². The van der Waals surface area contributed by atoms with Crippen molar-refractivity contribution in [2.75, 3.05) is 13.2 Å². The molecule has 29 heavy (non-hydrogen) atoms. The summed E-state index contributed by atoms with van der Waals surface area (Å²) in [5, 5.41) is 2.29. The molecule has 1 saturated carbocycles. The average molecular weight is 396 g/mol. The first-order chi connectivity index (χ1) is 14.0. The van der Waals surface area contributed by atoms with Crippen LogP contribution in [0.25, 0.3) is 6.08 Å². The molecule has 0 aromatic heterocycles. The van der Waals surface area contributed by atoms with Crippen LogP contribution in [-0.4, -0.2) is 42.0 Å². The fourth-order valence-corrected chi connectivity index (χ4v) is 3.63. The molecule has 0 radical (unpaired) electrons. The molecule has 1 saturated heterocycles. The van der Waals surface area contributed by atoms with Crippen LogP contribution >= 0.6 is 0 Å². The van der Waals surface area contributed by atoms with Gasteiger partial charge >= 0.3 is 6.03 Å². The number of imide groups is 2. The Labute approximate surface area is 170 Å². The maximum absolute atomic E-state index is 13.0. The minimum Gasteiger partial charge on any atom is -0.490 e. The molecule has 1 heterocycles. The predicted octanol–water partition coefficient (Wildman–Crippen LogP) is 2.89. The molecular formula is C22H24N2O5. The van der Waals surface area contributed by atoms with Crippen LogP contribution in [0, 0.1) is 12.3 Å². The van der Waals surface area contributed by atoms with Crippen LogP contribution in [0.4, 0.5) is 4.79 Å². The van der Waals surface area contributed by atoms with Gasteiger partial charge in [-0.15, -0.1) is 6.42 Å². The highest BCUT2D eigenvalue weighted by molar-refractivity contribution is 6.31. The summed E-state index contributed by atoms with van der Waals surface area (Å²) in [4.78, 5) is 38.8. The Hall–Kier alpha value is -3.27. The van der Waals surface area contributed by atoms with E-state index in [0.717, 1.165) is 32.1 Å². The van der Waals surface area contributed by atoms with E-state index in [1.54, 1.807) is 18.2 Å². The minimum absolute atomic E-state index is 0.0742. The number of nitrogens with zero attached hydrogens (tertiary/aromatic N) is 1. The zero-order valence-electron chi connectivity index (χ0n) is 16.4. The van der Waals surface area contributed by atoms with Crippen LogP contribution in [0.15, 0.2) is 23.8 Å². The van der Waals surface area contributed by atoms with E-state index in [2.05, 4.69) is 11.2 Å². The lowest BCUT2D eigenvalue weighted by Crippen LogP contribution is -2.58. The van der Waals surface area contributed by atoms with E-state index in [4.69, 9.17) is 15.9 Å². The molecule has 0 bridgehead atoms. The third-order valence-corrected chi connectivity index (χ3v) is 4.96. The largest absolute Gasteiger partial charge is 0.490 e. The molecule has 0 spiro atoms. The van der Waals surface area contributed by atoms with E-state index in [1.165, 1.54) is 11.0 Å². The second-order valence-electron chi connectivity index (χ2n) is 6.92. The number of carbonyl (C=O) groups is 3. The van der Waals surface area contributed by atoms with Crippen molar-refractivity contribution in [1.82, 2.24) is 10.2 Å². The third-order valence-electron chi connectivity index (χ3n) is 4.96. The summed E-state index contributed by atoms with van der Waals surface area (Å²) in [6.45, 7) is 2.34. The van der Waals surface area contributed by atoms with Crippen molar-refractivity contribution >= 4 is 23.9 Å². The summed E-state index contributed by atoms with van der Waals surface area (Å²) >= 11 is 0. The van der Waals surface area contributed by atoms with Gasteiger partial charge in [-0.2, -0.15) is 0 Å². The summed E-state index contributed by atoms with van der Waals surface area (Å²) < 4.78 is 11.0. The Kier molecular flexibility index (Phi) is 6.55. The van der Waals surface area contributed by atoms with E-state index in [0.29, 0.717) is 23.7 Å². The molecule has 1 aromatic rings. The van der Waals surface area contributed by atoms with E-state index < -0.39 is 17.8 Å². The Morgan fingerprint density at radius 2 is 1.93 bits per heavy atom. The second-order valence-corrected chi connectivity index (χ2v) is 6.92. The topological polar surface area (TPSA) is 84.9 Å². The highest BCUT2D eigenvalue weighted by atomic mass is 16.5. The summed E-state index contributed by atoms with van der Waals surface area (Å²) in [5.41, 5.74) is 0.507. The molecule has 1 N–H and O–H groups in total. The average Bonchev–Trinajstić information content (AvgIpc) is 2.71. The number of hydrogen-bond donors (Lipinski definition) is 1. The van der Waals surface area contributed by atoms with Crippen molar-refractivity contribution in [3.05, 3.63) is 29.3 Å². The summed E-state index contributed by atoms with van der Waals surface area (Å²) in [6, 6.07) is 4.22. The van der Waals surface area contributed by atoms with E-state index in [9.17, 15) is 14.4 Å². The number of ether oxygens (including phenoxy) is 2. The molecule has 1 aliphatic heterocycles. The lowest BCUT2D eigenvalue weighted by atomic mass is 9.93. The lowest BCUT2D eigenvalue weighted by Gasteiger charge is -2.35. The number of barbiturate groups is 1. The number of carbonyl (C=O) groups excluding carboxylic acids is 3. The summed E-state index contributed by atoms with van der Waals surface area (Å²) in [6.07, 6.45) is 11.2. The van der Waals surface area contributed by atoms with Gasteiger partial charge in [-0.05, 0) is 43.5 Å². The van der Waals surface area contributed by atoms with Gasteiger partial charge < -0.3 is 9.47 Å². The Balaban J connectivity index is 1.90. The second kappa shape index (κ2) is 9.28. The standard InChI is InChI=1S/C22H24N2O5/c1-3-12-29-18-11-10-15(14-19(18)28-4-2)13-17-20(25)23-22(27)24(21(17)26)16-8-6-5-7-9-16/h1,10-11,13-14,16H,4-9,12H2,2H3,(H,23,25,27). The number of rotatable bonds is 6. The van der Waals surface area contributed by atoms with Crippen molar-refractivity contribution in [2.45, 2.75) is 45.1 Å². The van der Waals surface area contributed by atoms with E-state index >= 15 is 0 Å². The van der Waals surface area contributed by atoms with Gasteiger partial charge in [0.25, 0.3) is 11.8 Å².